The molecule has 0 saturated carbocycles. The van der Waals surface area contributed by atoms with Crippen molar-refractivity contribution in [3.63, 3.8) is 0 Å². The second-order valence-electron chi connectivity index (χ2n) is 9.54. The summed E-state index contributed by atoms with van der Waals surface area (Å²) in [5.41, 5.74) is 3.00. The van der Waals surface area contributed by atoms with Gasteiger partial charge in [-0.1, -0.05) is 122 Å². The van der Waals surface area contributed by atoms with Gasteiger partial charge in [0.15, 0.2) is 11.0 Å². The molecule has 8 heteroatoms. The van der Waals surface area contributed by atoms with E-state index >= 15 is 0 Å². The highest BCUT2D eigenvalue weighted by molar-refractivity contribution is 7.98. The molecule has 39 heavy (non-hydrogen) atoms. The summed E-state index contributed by atoms with van der Waals surface area (Å²) in [4.78, 5) is 13.5. The number of thioether (sulfide) groups is 1. The van der Waals surface area contributed by atoms with Crippen LogP contribution in [-0.4, -0.2) is 20.7 Å². The molecule has 3 aromatic carbocycles. The van der Waals surface area contributed by atoms with Crippen molar-refractivity contribution in [1.82, 2.24) is 20.1 Å². The number of carbonyl (C=O) groups is 1. The Morgan fingerprint density at radius 1 is 0.949 bits per heavy atom. The minimum absolute atomic E-state index is 0.0436. The maximum atomic E-state index is 13.5. The number of carbonyl (C=O) groups excluding carboxylic acids is 1. The van der Waals surface area contributed by atoms with E-state index in [4.69, 9.17) is 23.2 Å². The van der Waals surface area contributed by atoms with Gasteiger partial charge in [0.25, 0.3) is 0 Å². The minimum Gasteiger partial charge on any atom is -0.345 e. The van der Waals surface area contributed by atoms with E-state index in [0.29, 0.717) is 27.4 Å². The van der Waals surface area contributed by atoms with Crippen molar-refractivity contribution in [3.05, 3.63) is 106 Å². The van der Waals surface area contributed by atoms with Crippen molar-refractivity contribution in [2.45, 2.75) is 62.9 Å². The Balaban J connectivity index is 1.75. The van der Waals surface area contributed by atoms with Crippen LogP contribution in [0.15, 0.2) is 84.0 Å². The fourth-order valence-corrected chi connectivity index (χ4v) is 5.93. The second-order valence-corrected chi connectivity index (χ2v) is 11.3. The lowest BCUT2D eigenvalue weighted by Crippen LogP contribution is -2.36. The van der Waals surface area contributed by atoms with Crippen molar-refractivity contribution in [3.8, 4) is 5.69 Å². The molecule has 4 rings (SSSR count). The van der Waals surface area contributed by atoms with Crippen molar-refractivity contribution in [2.24, 2.45) is 5.92 Å². The van der Waals surface area contributed by atoms with E-state index < -0.39 is 6.04 Å². The Labute approximate surface area is 245 Å². The van der Waals surface area contributed by atoms with Crippen LogP contribution in [0.2, 0.25) is 10.0 Å². The number of hydrogen-bond donors (Lipinski definition) is 1. The van der Waals surface area contributed by atoms with Crippen LogP contribution in [-0.2, 0) is 17.0 Å². The zero-order chi connectivity index (χ0) is 27.6. The number of hydrogen-bond acceptors (Lipinski definition) is 4. The molecule has 0 fully saturated rings. The molecule has 1 amide bonds. The van der Waals surface area contributed by atoms with E-state index in [1.807, 2.05) is 47.0 Å². The Bertz CT molecular complexity index is 1350. The van der Waals surface area contributed by atoms with Gasteiger partial charge in [-0.2, -0.15) is 0 Å². The second kappa shape index (κ2) is 14.5. The van der Waals surface area contributed by atoms with Gasteiger partial charge < -0.3 is 5.32 Å². The van der Waals surface area contributed by atoms with Gasteiger partial charge in [0.1, 0.15) is 0 Å². The summed E-state index contributed by atoms with van der Waals surface area (Å²) in [7, 11) is 0. The maximum absolute atomic E-state index is 13.5. The fraction of sp³-hybridized carbons (Fsp3) is 0.323. The molecule has 1 N–H and O–H groups in total. The first-order chi connectivity index (χ1) is 19.0. The van der Waals surface area contributed by atoms with Crippen LogP contribution in [0.1, 0.15) is 62.5 Å². The van der Waals surface area contributed by atoms with Gasteiger partial charge in [0.2, 0.25) is 5.91 Å². The Kier molecular flexibility index (Phi) is 10.9. The van der Waals surface area contributed by atoms with Crippen molar-refractivity contribution >= 4 is 40.9 Å². The van der Waals surface area contributed by atoms with Crippen LogP contribution in [0.3, 0.4) is 0 Å². The molecular formula is C31H34Cl2N4OS. The number of benzene rings is 3. The highest BCUT2D eigenvalue weighted by Crippen LogP contribution is 2.33. The topological polar surface area (TPSA) is 59.8 Å². The molecule has 1 heterocycles. The van der Waals surface area contributed by atoms with Gasteiger partial charge >= 0.3 is 0 Å². The number of aromatic nitrogens is 3. The number of rotatable bonds is 13. The highest BCUT2D eigenvalue weighted by atomic mass is 35.5. The quantitative estimate of drug-likeness (QED) is 0.161. The summed E-state index contributed by atoms with van der Waals surface area (Å²) in [5.74, 6) is 1.35. The largest absolute Gasteiger partial charge is 0.345 e. The van der Waals surface area contributed by atoms with Crippen molar-refractivity contribution in [1.29, 1.82) is 0 Å². The average Bonchev–Trinajstić information content (AvgIpc) is 3.36. The number of nitrogens with zero attached hydrogens (tertiary/aromatic N) is 3. The van der Waals surface area contributed by atoms with Gasteiger partial charge in [-0.05, 0) is 48.6 Å². The molecule has 204 valence electrons. The van der Waals surface area contributed by atoms with E-state index in [9.17, 15) is 4.79 Å². The Hall–Kier alpha value is -2.80. The summed E-state index contributed by atoms with van der Waals surface area (Å²) in [6.07, 6.45) is 4.31. The molecule has 2 unspecified atom stereocenters. The number of halogens is 2. The predicted molar refractivity (Wildman–Crippen MR) is 162 cm³/mol. The molecule has 0 spiro atoms. The lowest BCUT2D eigenvalue weighted by atomic mass is 9.97. The lowest BCUT2D eigenvalue weighted by molar-refractivity contribution is -0.126. The third-order valence-corrected chi connectivity index (χ3v) is 8.24. The van der Waals surface area contributed by atoms with Crippen LogP contribution >= 0.6 is 35.0 Å². The number of amides is 1. The van der Waals surface area contributed by atoms with Gasteiger partial charge in [-0.3, -0.25) is 9.36 Å². The van der Waals surface area contributed by atoms with Gasteiger partial charge in [0, 0.05) is 16.7 Å². The van der Waals surface area contributed by atoms with E-state index in [-0.39, 0.29) is 11.8 Å². The summed E-state index contributed by atoms with van der Waals surface area (Å²) < 4.78 is 1.97. The van der Waals surface area contributed by atoms with Crippen molar-refractivity contribution < 1.29 is 4.79 Å². The third kappa shape index (κ3) is 7.87. The van der Waals surface area contributed by atoms with Crippen LogP contribution in [0.25, 0.3) is 5.69 Å². The number of nitrogens with one attached hydrogen (secondary N) is 1. The van der Waals surface area contributed by atoms with Gasteiger partial charge in [-0.25, -0.2) is 0 Å². The third-order valence-electron chi connectivity index (χ3n) is 6.70. The van der Waals surface area contributed by atoms with Crippen LogP contribution < -0.4 is 5.32 Å². The first-order valence-corrected chi connectivity index (χ1v) is 15.2. The lowest BCUT2D eigenvalue weighted by Gasteiger charge is -2.23. The first kappa shape index (κ1) is 29.2. The average molecular weight is 582 g/mol. The van der Waals surface area contributed by atoms with Crippen LogP contribution in [0.4, 0.5) is 0 Å². The predicted octanol–water partition coefficient (Wildman–Crippen LogP) is 8.48. The van der Waals surface area contributed by atoms with Gasteiger partial charge in [-0.15, -0.1) is 10.2 Å². The van der Waals surface area contributed by atoms with E-state index in [2.05, 4.69) is 53.6 Å². The van der Waals surface area contributed by atoms with Crippen molar-refractivity contribution in [2.75, 3.05) is 0 Å². The van der Waals surface area contributed by atoms with E-state index in [0.717, 1.165) is 42.7 Å². The summed E-state index contributed by atoms with van der Waals surface area (Å²) >= 11 is 14.5. The highest BCUT2D eigenvalue weighted by Gasteiger charge is 2.28. The smallest absolute Gasteiger partial charge is 0.223 e. The Morgan fingerprint density at radius 3 is 2.28 bits per heavy atom. The van der Waals surface area contributed by atoms with E-state index in [1.54, 1.807) is 23.9 Å². The summed E-state index contributed by atoms with van der Waals surface area (Å²) in [5, 5.41) is 14.3. The summed E-state index contributed by atoms with van der Waals surface area (Å²) in [6.45, 7) is 4.22. The van der Waals surface area contributed by atoms with Gasteiger partial charge in [0.05, 0.1) is 16.8 Å². The fourth-order valence-electron chi connectivity index (χ4n) is 4.53. The van der Waals surface area contributed by atoms with E-state index in [1.165, 1.54) is 5.56 Å². The maximum Gasteiger partial charge on any atom is 0.223 e. The molecule has 0 saturated heterocycles. The standard InChI is InChI=1S/C31H34Cl2N4OS/c1-3-5-16-24(4-2)30(38)34-27(19-22-12-8-6-9-13-22)29-35-36-31(39-21-23-14-10-7-11-15-23)37(29)28-18-17-25(32)20-26(28)33/h6-15,17-18,20,24,27H,3-5,16,19,21H2,1-2H3,(H,34,38). The zero-order valence-electron chi connectivity index (χ0n) is 22.3. The van der Waals surface area contributed by atoms with Crippen LogP contribution in [0.5, 0.6) is 0 Å². The molecule has 4 aromatic rings. The zero-order valence-corrected chi connectivity index (χ0v) is 24.6. The molecular weight excluding hydrogens is 547 g/mol. The number of unbranched alkanes of at least 4 members (excludes halogenated alkanes) is 1. The molecule has 0 bridgehead atoms. The first-order valence-electron chi connectivity index (χ1n) is 13.4. The SMILES string of the molecule is CCCCC(CC)C(=O)NC(Cc1ccccc1)c1nnc(SCc2ccccc2)n1-c1ccc(Cl)cc1Cl. The molecule has 0 radical (unpaired) electrons. The summed E-state index contributed by atoms with van der Waals surface area (Å²) in [6, 6.07) is 25.4. The molecule has 0 aliphatic rings. The molecule has 0 aliphatic carbocycles. The molecule has 2 atom stereocenters. The molecule has 0 aliphatic heterocycles. The Morgan fingerprint density at radius 2 is 1.64 bits per heavy atom. The normalized spacial score (nSPS) is 12.7. The minimum atomic E-state index is -0.402. The molecule has 5 nitrogen and oxygen atoms in total. The van der Waals surface area contributed by atoms with Crippen LogP contribution in [0, 0.1) is 5.92 Å². The monoisotopic (exact) mass is 580 g/mol. The molecule has 1 aromatic heterocycles.